The molecule has 0 aromatic heterocycles. The third-order valence-corrected chi connectivity index (χ3v) is 3.67. The van der Waals surface area contributed by atoms with Gasteiger partial charge in [-0.3, -0.25) is 4.79 Å². The minimum atomic E-state index is -1.11. The number of benzene rings is 1. The molecule has 1 saturated heterocycles. The van der Waals surface area contributed by atoms with Crippen LogP contribution in [-0.4, -0.2) is 41.8 Å². The van der Waals surface area contributed by atoms with Crippen LogP contribution in [0.25, 0.3) is 0 Å². The number of ether oxygens (including phenoxy) is 1. The summed E-state index contributed by atoms with van der Waals surface area (Å²) in [5.74, 6) is -1.51. The van der Waals surface area contributed by atoms with Gasteiger partial charge in [0.05, 0.1) is 6.61 Å². The molecule has 2 atom stereocenters. The Balaban J connectivity index is 1.93. The van der Waals surface area contributed by atoms with Crippen molar-refractivity contribution in [3.8, 4) is 0 Å². The van der Waals surface area contributed by atoms with Gasteiger partial charge in [-0.1, -0.05) is 30.3 Å². The molecule has 21 heavy (non-hydrogen) atoms. The van der Waals surface area contributed by atoms with E-state index in [1.165, 1.54) is 0 Å². The van der Waals surface area contributed by atoms with Crippen molar-refractivity contribution in [1.29, 1.82) is 0 Å². The number of carboxylic acids is 1. The molecule has 1 aliphatic rings. The lowest BCUT2D eigenvalue weighted by molar-refractivity contribution is -0.142. The SMILES string of the molecule is NC1(C(=O)N[C@@H](CCc2ccccc2)C(=O)O)CCOC1. The maximum Gasteiger partial charge on any atom is 0.326 e. The standard InChI is InChI=1S/C15H20N2O4/c16-15(8-9-21-10-15)14(20)17-12(13(18)19)7-6-11-4-2-1-3-5-11/h1-5,12H,6-10,16H2,(H,17,20)(H,18,19)/t12-,15?/m0/s1. The lowest BCUT2D eigenvalue weighted by atomic mass is 9.98. The van der Waals surface area contributed by atoms with Gasteiger partial charge in [-0.05, 0) is 24.8 Å². The fourth-order valence-corrected chi connectivity index (χ4v) is 2.27. The highest BCUT2D eigenvalue weighted by molar-refractivity contribution is 5.90. The molecule has 1 aromatic carbocycles. The summed E-state index contributed by atoms with van der Waals surface area (Å²) in [4.78, 5) is 23.4. The van der Waals surface area contributed by atoms with Gasteiger partial charge in [0.25, 0.3) is 0 Å². The zero-order valence-electron chi connectivity index (χ0n) is 11.7. The van der Waals surface area contributed by atoms with Crippen molar-refractivity contribution in [3.63, 3.8) is 0 Å². The maximum atomic E-state index is 12.1. The number of rotatable bonds is 6. The fraction of sp³-hybridized carbons (Fsp3) is 0.467. The predicted molar refractivity (Wildman–Crippen MR) is 76.7 cm³/mol. The predicted octanol–water partition coefficient (Wildman–Crippen LogP) is 0.306. The first-order valence-corrected chi connectivity index (χ1v) is 6.95. The normalized spacial score (nSPS) is 22.7. The van der Waals surface area contributed by atoms with Gasteiger partial charge in [-0.2, -0.15) is 0 Å². The highest BCUT2D eigenvalue weighted by Crippen LogP contribution is 2.16. The van der Waals surface area contributed by atoms with Crippen molar-refractivity contribution >= 4 is 11.9 Å². The van der Waals surface area contributed by atoms with E-state index in [4.69, 9.17) is 10.5 Å². The number of carbonyl (C=O) groups is 2. The first kappa shape index (κ1) is 15.5. The molecule has 4 N–H and O–H groups in total. The second kappa shape index (κ2) is 6.69. The number of nitrogens with one attached hydrogen (secondary N) is 1. The monoisotopic (exact) mass is 292 g/mol. The second-order valence-electron chi connectivity index (χ2n) is 5.35. The Morgan fingerprint density at radius 3 is 2.67 bits per heavy atom. The van der Waals surface area contributed by atoms with Gasteiger partial charge in [0.1, 0.15) is 11.6 Å². The summed E-state index contributed by atoms with van der Waals surface area (Å²) in [5, 5.41) is 11.8. The number of carbonyl (C=O) groups excluding carboxylic acids is 1. The van der Waals surface area contributed by atoms with E-state index in [0.29, 0.717) is 25.9 Å². The Hall–Kier alpha value is -1.92. The molecule has 1 fully saturated rings. The molecule has 6 heteroatoms. The Morgan fingerprint density at radius 1 is 1.38 bits per heavy atom. The van der Waals surface area contributed by atoms with Crippen LogP contribution in [0.3, 0.4) is 0 Å². The van der Waals surface area contributed by atoms with Crippen LogP contribution in [-0.2, 0) is 20.7 Å². The Morgan fingerprint density at radius 2 is 2.10 bits per heavy atom. The first-order valence-electron chi connectivity index (χ1n) is 6.95. The molecule has 1 aromatic rings. The molecule has 6 nitrogen and oxygen atoms in total. The third-order valence-electron chi connectivity index (χ3n) is 3.67. The molecule has 0 aliphatic carbocycles. The molecule has 1 unspecified atom stereocenters. The molecular weight excluding hydrogens is 272 g/mol. The summed E-state index contributed by atoms with van der Waals surface area (Å²) < 4.78 is 5.12. The molecular formula is C15H20N2O4. The highest BCUT2D eigenvalue weighted by Gasteiger charge is 2.39. The minimum absolute atomic E-state index is 0.129. The number of aliphatic carboxylic acids is 1. The van der Waals surface area contributed by atoms with Crippen molar-refractivity contribution in [2.45, 2.75) is 30.8 Å². The van der Waals surface area contributed by atoms with Crippen molar-refractivity contribution in [2.24, 2.45) is 5.73 Å². The Kier molecular flexibility index (Phi) is 4.93. The van der Waals surface area contributed by atoms with Crippen LogP contribution in [0.1, 0.15) is 18.4 Å². The number of hydrogen-bond donors (Lipinski definition) is 3. The number of hydrogen-bond acceptors (Lipinski definition) is 4. The molecule has 0 bridgehead atoms. The average molecular weight is 292 g/mol. The van der Waals surface area contributed by atoms with Crippen molar-refractivity contribution in [1.82, 2.24) is 5.32 Å². The van der Waals surface area contributed by atoms with Crippen LogP contribution in [0, 0.1) is 0 Å². The Labute approximate surface area is 123 Å². The third kappa shape index (κ3) is 4.03. The van der Waals surface area contributed by atoms with Gasteiger partial charge in [-0.25, -0.2) is 4.79 Å². The average Bonchev–Trinajstić information content (AvgIpc) is 2.92. The zero-order valence-corrected chi connectivity index (χ0v) is 11.7. The van der Waals surface area contributed by atoms with E-state index in [9.17, 15) is 14.7 Å². The van der Waals surface area contributed by atoms with Crippen LogP contribution in [0.5, 0.6) is 0 Å². The van der Waals surface area contributed by atoms with E-state index >= 15 is 0 Å². The van der Waals surface area contributed by atoms with Crippen LogP contribution in [0.15, 0.2) is 30.3 Å². The quantitative estimate of drug-likeness (QED) is 0.700. The number of amides is 1. The van der Waals surface area contributed by atoms with Crippen LogP contribution in [0.4, 0.5) is 0 Å². The topological polar surface area (TPSA) is 102 Å². The molecule has 114 valence electrons. The van der Waals surface area contributed by atoms with Gasteiger partial charge in [0.2, 0.25) is 5.91 Å². The van der Waals surface area contributed by atoms with Gasteiger partial charge in [-0.15, -0.1) is 0 Å². The van der Waals surface area contributed by atoms with E-state index in [0.717, 1.165) is 5.56 Å². The highest BCUT2D eigenvalue weighted by atomic mass is 16.5. The first-order chi connectivity index (χ1) is 10.0. The zero-order chi connectivity index (χ0) is 15.3. The largest absolute Gasteiger partial charge is 0.480 e. The van der Waals surface area contributed by atoms with Crippen molar-refractivity contribution < 1.29 is 19.4 Å². The molecule has 1 heterocycles. The second-order valence-corrected chi connectivity index (χ2v) is 5.35. The van der Waals surface area contributed by atoms with E-state index in [1.807, 2.05) is 30.3 Å². The van der Waals surface area contributed by atoms with Gasteiger partial charge < -0.3 is 20.9 Å². The smallest absolute Gasteiger partial charge is 0.326 e. The minimum Gasteiger partial charge on any atom is -0.480 e. The van der Waals surface area contributed by atoms with E-state index in [-0.39, 0.29) is 6.61 Å². The van der Waals surface area contributed by atoms with Crippen LogP contribution >= 0.6 is 0 Å². The summed E-state index contributed by atoms with van der Waals surface area (Å²) >= 11 is 0. The maximum absolute atomic E-state index is 12.1. The Bertz CT molecular complexity index is 498. The van der Waals surface area contributed by atoms with E-state index in [2.05, 4.69) is 5.32 Å². The fourth-order valence-electron chi connectivity index (χ4n) is 2.27. The van der Waals surface area contributed by atoms with E-state index in [1.54, 1.807) is 0 Å². The van der Waals surface area contributed by atoms with E-state index < -0.39 is 23.5 Å². The molecule has 1 aliphatic heterocycles. The molecule has 0 radical (unpaired) electrons. The summed E-state index contributed by atoms with van der Waals surface area (Å²) in [6.07, 6.45) is 1.30. The van der Waals surface area contributed by atoms with Gasteiger partial charge >= 0.3 is 5.97 Å². The van der Waals surface area contributed by atoms with Gasteiger partial charge in [0, 0.05) is 6.61 Å². The van der Waals surface area contributed by atoms with Gasteiger partial charge in [0.15, 0.2) is 0 Å². The number of carboxylic acid groups (broad SMARTS) is 1. The lowest BCUT2D eigenvalue weighted by Crippen LogP contribution is -2.58. The summed E-state index contributed by atoms with van der Waals surface area (Å²) in [7, 11) is 0. The summed E-state index contributed by atoms with van der Waals surface area (Å²) in [5.41, 5.74) is 5.85. The summed E-state index contributed by atoms with van der Waals surface area (Å²) in [6, 6.07) is 8.60. The number of nitrogens with two attached hydrogens (primary N) is 1. The van der Waals surface area contributed by atoms with Crippen molar-refractivity contribution in [3.05, 3.63) is 35.9 Å². The molecule has 1 amide bonds. The van der Waals surface area contributed by atoms with Crippen LogP contribution in [0.2, 0.25) is 0 Å². The number of aryl methyl sites for hydroxylation is 1. The lowest BCUT2D eigenvalue weighted by Gasteiger charge is -2.23. The molecule has 2 rings (SSSR count). The van der Waals surface area contributed by atoms with Crippen LogP contribution < -0.4 is 11.1 Å². The molecule has 0 spiro atoms. The summed E-state index contributed by atoms with van der Waals surface area (Å²) in [6.45, 7) is 0.551. The molecule has 0 saturated carbocycles. The van der Waals surface area contributed by atoms with Crippen molar-refractivity contribution in [2.75, 3.05) is 13.2 Å².